The number of pyridine rings is 1. The van der Waals surface area contributed by atoms with E-state index in [1.807, 2.05) is 0 Å². The zero-order chi connectivity index (χ0) is 11.3. The molecule has 0 aromatic carbocycles. The van der Waals surface area contributed by atoms with Crippen LogP contribution in [0.2, 0.25) is 0 Å². The molecule has 1 aromatic rings. The van der Waals surface area contributed by atoms with E-state index in [1.54, 1.807) is 13.0 Å². The first kappa shape index (κ1) is 12.3. The molecule has 0 saturated carbocycles. The van der Waals surface area contributed by atoms with Gasteiger partial charge in [-0.25, -0.2) is 4.98 Å². The van der Waals surface area contributed by atoms with Crippen molar-refractivity contribution in [2.75, 3.05) is 5.75 Å². The lowest BCUT2D eigenvalue weighted by molar-refractivity contribution is -0.385. The number of nitrogens with zero attached hydrogens (tertiary/aromatic N) is 2. The van der Waals surface area contributed by atoms with Crippen LogP contribution in [-0.2, 0) is 0 Å². The van der Waals surface area contributed by atoms with Gasteiger partial charge in [0.1, 0.15) is 11.2 Å². The maximum Gasteiger partial charge on any atom is 0.287 e. The average Bonchev–Trinajstić information content (AvgIpc) is 2.18. The Morgan fingerprint density at radius 1 is 1.67 bits per heavy atom. The molecule has 0 spiro atoms. The van der Waals surface area contributed by atoms with Gasteiger partial charge in [-0.15, -0.1) is 0 Å². The standard InChI is InChI=1S/C8H10N2O3S2/c1-6(11)5-14-15-8-3-2-7(4-9-8)10(12)13/h2-4,6,11H,5H2,1H3/t6-/m0/s1. The van der Waals surface area contributed by atoms with Crippen LogP contribution in [0.25, 0.3) is 0 Å². The molecule has 0 saturated heterocycles. The Kier molecular flexibility index (Phi) is 4.86. The summed E-state index contributed by atoms with van der Waals surface area (Å²) in [6.45, 7) is 1.71. The van der Waals surface area contributed by atoms with Crippen molar-refractivity contribution in [1.82, 2.24) is 4.98 Å². The Labute approximate surface area is 94.8 Å². The molecule has 7 heteroatoms. The topological polar surface area (TPSA) is 76.3 Å². The highest BCUT2D eigenvalue weighted by atomic mass is 33.1. The number of rotatable bonds is 5. The molecule has 15 heavy (non-hydrogen) atoms. The van der Waals surface area contributed by atoms with Crippen molar-refractivity contribution >= 4 is 27.3 Å². The van der Waals surface area contributed by atoms with Crippen molar-refractivity contribution in [2.45, 2.75) is 18.1 Å². The van der Waals surface area contributed by atoms with E-state index in [1.165, 1.54) is 33.9 Å². The first-order valence-corrected chi connectivity index (χ1v) is 6.49. The first-order valence-electron chi connectivity index (χ1n) is 4.17. The minimum absolute atomic E-state index is 0.0140. The van der Waals surface area contributed by atoms with E-state index in [0.29, 0.717) is 10.8 Å². The Balaban J connectivity index is 2.46. The SMILES string of the molecule is C[C@H](O)CSSc1ccc([N+](=O)[O-])cn1. The van der Waals surface area contributed by atoms with Crippen LogP contribution >= 0.6 is 21.6 Å². The van der Waals surface area contributed by atoms with Crippen molar-refractivity contribution < 1.29 is 10.0 Å². The highest BCUT2D eigenvalue weighted by molar-refractivity contribution is 8.76. The summed E-state index contributed by atoms with van der Waals surface area (Å²) in [5.41, 5.74) is -0.0140. The van der Waals surface area contributed by atoms with Gasteiger partial charge >= 0.3 is 0 Å². The first-order chi connectivity index (χ1) is 7.09. The van der Waals surface area contributed by atoms with E-state index in [-0.39, 0.29) is 11.8 Å². The second kappa shape index (κ2) is 5.94. The van der Waals surface area contributed by atoms with Crippen LogP contribution in [0.3, 0.4) is 0 Å². The quantitative estimate of drug-likeness (QED) is 0.487. The highest BCUT2D eigenvalue weighted by Crippen LogP contribution is 2.30. The fourth-order valence-electron chi connectivity index (χ4n) is 0.723. The monoisotopic (exact) mass is 246 g/mol. The average molecular weight is 246 g/mol. The van der Waals surface area contributed by atoms with Crippen LogP contribution < -0.4 is 0 Å². The van der Waals surface area contributed by atoms with Crippen LogP contribution in [0.4, 0.5) is 5.69 Å². The van der Waals surface area contributed by atoms with Crippen molar-refractivity contribution in [3.8, 4) is 0 Å². The lowest BCUT2D eigenvalue weighted by Crippen LogP contribution is -2.01. The summed E-state index contributed by atoms with van der Waals surface area (Å²) in [7, 11) is 2.86. The van der Waals surface area contributed by atoms with Gasteiger partial charge in [-0.1, -0.05) is 10.8 Å². The van der Waals surface area contributed by atoms with Gasteiger partial charge in [-0.2, -0.15) is 0 Å². The number of aliphatic hydroxyl groups is 1. The Hall–Kier alpha value is -0.790. The van der Waals surface area contributed by atoms with E-state index < -0.39 is 4.92 Å². The predicted molar refractivity (Wildman–Crippen MR) is 60.9 cm³/mol. The fraction of sp³-hybridized carbons (Fsp3) is 0.375. The summed E-state index contributed by atoms with van der Waals surface area (Å²) in [5.74, 6) is 0.601. The van der Waals surface area contributed by atoms with Gasteiger partial charge in [0.15, 0.2) is 0 Å². The van der Waals surface area contributed by atoms with Gasteiger partial charge in [0, 0.05) is 11.8 Å². The lowest BCUT2D eigenvalue weighted by atomic mass is 10.4. The molecule has 1 heterocycles. The summed E-state index contributed by atoms with van der Waals surface area (Å²) >= 11 is 0. The smallest absolute Gasteiger partial charge is 0.287 e. The van der Waals surface area contributed by atoms with E-state index >= 15 is 0 Å². The third-order valence-corrected chi connectivity index (χ3v) is 3.81. The molecular weight excluding hydrogens is 236 g/mol. The summed E-state index contributed by atoms with van der Waals surface area (Å²) < 4.78 is 0. The number of aliphatic hydroxyl groups excluding tert-OH is 1. The molecule has 1 aromatic heterocycles. The van der Waals surface area contributed by atoms with E-state index in [2.05, 4.69) is 4.98 Å². The molecule has 0 fully saturated rings. The molecule has 1 N–H and O–H groups in total. The molecule has 0 aliphatic rings. The molecule has 0 unspecified atom stereocenters. The third kappa shape index (κ3) is 4.50. The Morgan fingerprint density at radius 3 is 2.87 bits per heavy atom. The van der Waals surface area contributed by atoms with Crippen molar-refractivity contribution in [1.29, 1.82) is 0 Å². The second-order valence-corrected chi connectivity index (χ2v) is 5.19. The minimum atomic E-state index is -0.482. The van der Waals surface area contributed by atoms with E-state index in [4.69, 9.17) is 5.11 Å². The maximum absolute atomic E-state index is 10.3. The Morgan fingerprint density at radius 2 is 2.40 bits per heavy atom. The highest BCUT2D eigenvalue weighted by Gasteiger charge is 2.06. The van der Waals surface area contributed by atoms with Gasteiger partial charge in [0.05, 0.1) is 11.0 Å². The fourth-order valence-corrected chi connectivity index (χ4v) is 2.78. The molecular formula is C8H10N2O3S2. The number of hydrogen-bond donors (Lipinski definition) is 1. The van der Waals surface area contributed by atoms with Crippen LogP contribution in [0.5, 0.6) is 0 Å². The van der Waals surface area contributed by atoms with Crippen molar-refractivity contribution in [3.05, 3.63) is 28.4 Å². The van der Waals surface area contributed by atoms with Crippen LogP contribution in [0.1, 0.15) is 6.92 Å². The van der Waals surface area contributed by atoms with Crippen LogP contribution in [0.15, 0.2) is 23.4 Å². The zero-order valence-electron chi connectivity index (χ0n) is 7.99. The Bertz CT molecular complexity index is 329. The largest absolute Gasteiger partial charge is 0.393 e. The summed E-state index contributed by atoms with van der Waals surface area (Å²) in [5, 5.41) is 20.0. The molecule has 0 radical (unpaired) electrons. The molecule has 1 atom stereocenters. The van der Waals surface area contributed by atoms with Gasteiger partial charge in [0.2, 0.25) is 0 Å². The normalized spacial score (nSPS) is 12.4. The van der Waals surface area contributed by atoms with Gasteiger partial charge in [-0.3, -0.25) is 10.1 Å². The molecule has 0 amide bonds. The maximum atomic E-state index is 10.3. The minimum Gasteiger partial charge on any atom is -0.393 e. The molecule has 0 aliphatic heterocycles. The summed E-state index contributed by atoms with van der Waals surface area (Å²) in [6.07, 6.45) is 0.867. The van der Waals surface area contributed by atoms with Gasteiger partial charge in [-0.05, 0) is 23.8 Å². The van der Waals surface area contributed by atoms with E-state index in [0.717, 1.165) is 0 Å². The summed E-state index contributed by atoms with van der Waals surface area (Å²) in [4.78, 5) is 13.8. The molecule has 82 valence electrons. The van der Waals surface area contributed by atoms with Crippen LogP contribution in [-0.4, -0.2) is 26.9 Å². The predicted octanol–water partition coefficient (Wildman–Crippen LogP) is 2.11. The lowest BCUT2D eigenvalue weighted by Gasteiger charge is -2.01. The molecule has 0 bridgehead atoms. The molecule has 0 aliphatic carbocycles. The number of hydrogen-bond acceptors (Lipinski definition) is 6. The van der Waals surface area contributed by atoms with Crippen LogP contribution in [0, 0.1) is 10.1 Å². The molecule has 5 nitrogen and oxygen atoms in total. The van der Waals surface area contributed by atoms with E-state index in [9.17, 15) is 10.1 Å². The summed E-state index contributed by atoms with van der Waals surface area (Å²) in [6, 6.07) is 3.01. The van der Waals surface area contributed by atoms with Crippen molar-refractivity contribution in [3.63, 3.8) is 0 Å². The van der Waals surface area contributed by atoms with Crippen molar-refractivity contribution in [2.24, 2.45) is 0 Å². The number of nitro groups is 1. The van der Waals surface area contributed by atoms with Gasteiger partial charge in [0.25, 0.3) is 5.69 Å². The zero-order valence-corrected chi connectivity index (χ0v) is 9.62. The molecule has 1 rings (SSSR count). The number of aromatic nitrogens is 1. The second-order valence-electron chi connectivity index (χ2n) is 2.83. The van der Waals surface area contributed by atoms with Gasteiger partial charge < -0.3 is 5.11 Å². The third-order valence-electron chi connectivity index (χ3n) is 1.39.